The van der Waals surface area contributed by atoms with E-state index in [-0.39, 0.29) is 12.4 Å². The fourth-order valence-corrected chi connectivity index (χ4v) is 2.32. The molecule has 1 amide bonds. The number of carbonyl (C=O) groups excluding carboxylic acids is 1. The van der Waals surface area contributed by atoms with Gasteiger partial charge in [0.15, 0.2) is 0 Å². The summed E-state index contributed by atoms with van der Waals surface area (Å²) in [5.74, 6) is -0.261. The predicted molar refractivity (Wildman–Crippen MR) is 83.9 cm³/mol. The Hall–Kier alpha value is -2.70. The number of aromatic nitrogens is 2. The van der Waals surface area contributed by atoms with Crippen LogP contribution in [0.5, 0.6) is 0 Å². The van der Waals surface area contributed by atoms with Crippen LogP contribution in [0.25, 0.3) is 0 Å². The Balaban J connectivity index is 1.88. The van der Waals surface area contributed by atoms with E-state index in [0.29, 0.717) is 11.0 Å². The lowest BCUT2D eigenvalue weighted by Crippen LogP contribution is -2.43. The van der Waals surface area contributed by atoms with Gasteiger partial charge < -0.3 is 5.73 Å². The molecule has 0 aliphatic heterocycles. The lowest BCUT2D eigenvalue weighted by atomic mass is 10.1. The molecule has 2 aromatic rings. The maximum Gasteiger partial charge on any atom is 0.339 e. The number of nitrogens with two attached hydrogens (primary N) is 1. The molecule has 6 nitrogen and oxygen atoms in total. The first-order chi connectivity index (χ1) is 11.0. The molecular weight excluding hydrogens is 301 g/mol. The molecule has 0 fully saturated rings. The summed E-state index contributed by atoms with van der Waals surface area (Å²) in [7, 11) is 0. The molecule has 23 heavy (non-hydrogen) atoms. The topological polar surface area (TPSA) is 87.1 Å². The van der Waals surface area contributed by atoms with Gasteiger partial charge in [-0.2, -0.15) is 0 Å². The smallest absolute Gasteiger partial charge is 0.339 e. The maximum absolute atomic E-state index is 12.8. The number of hydrogen-bond donors (Lipinski definition) is 1. The fraction of sp³-hybridized carbons (Fsp3) is 0.312. The van der Waals surface area contributed by atoms with Gasteiger partial charge in [-0.25, -0.2) is 18.5 Å². The van der Waals surface area contributed by atoms with E-state index in [1.165, 1.54) is 12.1 Å². The van der Waals surface area contributed by atoms with Crippen molar-refractivity contribution in [1.82, 2.24) is 9.13 Å². The normalized spacial score (nSPS) is 10.7. The summed E-state index contributed by atoms with van der Waals surface area (Å²) in [6.07, 6.45) is 4.17. The van der Waals surface area contributed by atoms with Crippen LogP contribution in [0.2, 0.25) is 0 Å². The average molecular weight is 319 g/mol. The molecule has 0 bridgehead atoms. The van der Waals surface area contributed by atoms with Gasteiger partial charge in [-0.3, -0.25) is 9.36 Å². The highest BCUT2D eigenvalue weighted by Gasteiger charge is 2.08. The van der Waals surface area contributed by atoms with Gasteiger partial charge in [0.1, 0.15) is 5.82 Å². The van der Waals surface area contributed by atoms with Crippen molar-refractivity contribution in [3.05, 3.63) is 68.7 Å². The summed E-state index contributed by atoms with van der Waals surface area (Å²) in [5.41, 5.74) is 4.94. The number of halogens is 1. The van der Waals surface area contributed by atoms with Crippen LogP contribution < -0.4 is 17.0 Å². The molecule has 0 radical (unpaired) electrons. The zero-order valence-corrected chi connectivity index (χ0v) is 12.6. The molecule has 0 saturated heterocycles. The van der Waals surface area contributed by atoms with E-state index in [1.807, 2.05) is 0 Å². The number of benzene rings is 1. The van der Waals surface area contributed by atoms with Gasteiger partial charge in [0.05, 0.1) is 0 Å². The number of primary amides is 1. The number of rotatable bonds is 6. The number of unbranched alkanes of at least 4 members (excludes halogenated alkanes) is 2. The minimum absolute atomic E-state index is 0.231. The van der Waals surface area contributed by atoms with Crippen molar-refractivity contribution in [2.75, 3.05) is 0 Å². The predicted octanol–water partition coefficient (Wildman–Crippen LogP) is 1.49. The van der Waals surface area contributed by atoms with Crippen LogP contribution >= 0.6 is 0 Å². The van der Waals surface area contributed by atoms with Crippen molar-refractivity contribution in [3.8, 4) is 0 Å². The van der Waals surface area contributed by atoms with Crippen LogP contribution in [0.1, 0.15) is 24.8 Å². The second-order valence-electron chi connectivity index (χ2n) is 5.23. The van der Waals surface area contributed by atoms with E-state index in [1.54, 1.807) is 12.1 Å². The van der Waals surface area contributed by atoms with E-state index in [0.717, 1.165) is 41.7 Å². The lowest BCUT2D eigenvalue weighted by molar-refractivity contribution is 0.248. The van der Waals surface area contributed by atoms with Gasteiger partial charge in [0.2, 0.25) is 0 Å². The Labute approximate surface area is 132 Å². The molecule has 1 aromatic heterocycles. The highest BCUT2D eigenvalue weighted by Crippen LogP contribution is 2.08. The van der Waals surface area contributed by atoms with E-state index >= 15 is 0 Å². The first kappa shape index (κ1) is 16.7. The molecule has 1 aromatic carbocycles. The summed E-state index contributed by atoms with van der Waals surface area (Å²) in [6.45, 7) is 0.231. The van der Waals surface area contributed by atoms with Crippen molar-refractivity contribution >= 4 is 6.03 Å². The van der Waals surface area contributed by atoms with Crippen LogP contribution in [-0.4, -0.2) is 15.2 Å². The summed E-state index contributed by atoms with van der Waals surface area (Å²) >= 11 is 0. The quantitative estimate of drug-likeness (QED) is 0.818. The molecule has 0 atom stereocenters. The molecule has 122 valence electrons. The number of nitrogens with zero attached hydrogens (tertiary/aromatic N) is 2. The molecule has 0 unspecified atom stereocenters. The van der Waals surface area contributed by atoms with Gasteiger partial charge in [-0.15, -0.1) is 0 Å². The van der Waals surface area contributed by atoms with Crippen LogP contribution in [0.4, 0.5) is 9.18 Å². The fourth-order valence-electron chi connectivity index (χ4n) is 2.32. The number of hydrogen-bond acceptors (Lipinski definition) is 3. The van der Waals surface area contributed by atoms with E-state index in [9.17, 15) is 18.8 Å². The first-order valence-corrected chi connectivity index (χ1v) is 7.36. The summed E-state index contributed by atoms with van der Waals surface area (Å²) in [4.78, 5) is 34.7. The molecule has 0 spiro atoms. The lowest BCUT2D eigenvalue weighted by Gasteiger charge is -2.07. The first-order valence-electron chi connectivity index (χ1n) is 7.36. The molecule has 0 aliphatic rings. The Morgan fingerprint density at radius 1 is 1.04 bits per heavy atom. The number of amides is 1. The highest BCUT2D eigenvalue weighted by atomic mass is 19.1. The second-order valence-corrected chi connectivity index (χ2v) is 5.23. The third-order valence-electron chi connectivity index (χ3n) is 3.57. The number of aryl methyl sites for hydroxylation is 1. The van der Waals surface area contributed by atoms with E-state index in [4.69, 9.17) is 5.73 Å². The van der Waals surface area contributed by atoms with Crippen molar-refractivity contribution < 1.29 is 9.18 Å². The molecule has 0 saturated carbocycles. The zero-order chi connectivity index (χ0) is 16.8. The van der Waals surface area contributed by atoms with Gasteiger partial charge in [-0.1, -0.05) is 18.6 Å². The monoisotopic (exact) mass is 319 g/mol. The number of carbonyl (C=O) groups is 1. The molecule has 2 N–H and O–H groups in total. The van der Waals surface area contributed by atoms with Crippen LogP contribution in [0, 0.1) is 5.82 Å². The van der Waals surface area contributed by atoms with Gasteiger partial charge in [0, 0.05) is 18.8 Å². The average Bonchev–Trinajstić information content (AvgIpc) is 2.51. The van der Waals surface area contributed by atoms with E-state index in [2.05, 4.69) is 0 Å². The Morgan fingerprint density at radius 2 is 1.74 bits per heavy atom. The Kier molecular flexibility index (Phi) is 5.46. The molecule has 0 aliphatic carbocycles. The van der Waals surface area contributed by atoms with Crippen LogP contribution in [0.15, 0.2) is 46.1 Å². The van der Waals surface area contributed by atoms with Crippen molar-refractivity contribution in [2.45, 2.75) is 32.2 Å². The van der Waals surface area contributed by atoms with Gasteiger partial charge in [0.25, 0.3) is 5.56 Å². The summed E-state index contributed by atoms with van der Waals surface area (Å²) in [5, 5.41) is 0. The standard InChI is InChI=1S/C16H18FN3O3/c17-13-7-5-12(6-8-13)4-2-1-3-10-19-14(21)9-11-20(15(18)22)16(19)23/h5-9,11H,1-4,10H2,(H2,18,22). The Bertz CT molecular complexity index is 793. The highest BCUT2D eigenvalue weighted by molar-refractivity contribution is 5.74. The third-order valence-corrected chi connectivity index (χ3v) is 3.57. The van der Waals surface area contributed by atoms with Gasteiger partial charge >= 0.3 is 11.7 Å². The minimum atomic E-state index is -0.917. The van der Waals surface area contributed by atoms with Crippen LogP contribution in [-0.2, 0) is 13.0 Å². The molecule has 2 rings (SSSR count). The third kappa shape index (κ3) is 4.38. The Morgan fingerprint density at radius 3 is 2.39 bits per heavy atom. The molecule has 1 heterocycles. The molecule has 7 heteroatoms. The largest absolute Gasteiger partial charge is 0.351 e. The van der Waals surface area contributed by atoms with Crippen LogP contribution in [0.3, 0.4) is 0 Å². The zero-order valence-electron chi connectivity index (χ0n) is 12.6. The summed E-state index contributed by atoms with van der Waals surface area (Å²) in [6, 6.07) is 6.55. The van der Waals surface area contributed by atoms with E-state index < -0.39 is 17.3 Å². The summed E-state index contributed by atoms with van der Waals surface area (Å²) < 4.78 is 14.5. The molecular formula is C16H18FN3O3. The second kappa shape index (κ2) is 7.53. The van der Waals surface area contributed by atoms with Crippen molar-refractivity contribution in [2.24, 2.45) is 5.73 Å². The maximum atomic E-state index is 12.8. The van der Waals surface area contributed by atoms with Gasteiger partial charge in [-0.05, 0) is 37.0 Å². The van der Waals surface area contributed by atoms with Crippen molar-refractivity contribution in [1.29, 1.82) is 0 Å². The van der Waals surface area contributed by atoms with Crippen molar-refractivity contribution in [3.63, 3.8) is 0 Å². The minimum Gasteiger partial charge on any atom is -0.351 e. The SMILES string of the molecule is NC(=O)n1ccc(=O)n(CCCCCc2ccc(F)cc2)c1=O.